The Morgan fingerprint density at radius 3 is 2.68 bits per heavy atom. The maximum atomic E-state index is 6.19. The highest BCUT2D eigenvalue weighted by atomic mass is 35.5. The molecule has 1 aromatic rings. The van der Waals surface area contributed by atoms with Gasteiger partial charge >= 0.3 is 0 Å². The first-order valence-corrected chi connectivity index (χ1v) is 8.42. The van der Waals surface area contributed by atoms with E-state index in [0.29, 0.717) is 10.8 Å². The molecule has 0 saturated carbocycles. The van der Waals surface area contributed by atoms with Crippen molar-refractivity contribution in [3.8, 4) is 11.5 Å². The Balaban J connectivity index is 2.02. The van der Waals surface area contributed by atoms with Crippen LogP contribution < -0.4 is 20.1 Å². The van der Waals surface area contributed by atoms with Gasteiger partial charge in [0.15, 0.2) is 11.5 Å². The zero-order valence-corrected chi connectivity index (χ0v) is 14.5. The summed E-state index contributed by atoms with van der Waals surface area (Å²) in [6, 6.07) is 3.76. The SMILES string of the molecule is COc1cc(Cl)cc(CNCC2CCNCC2)c1OC(C)C. The van der Waals surface area contributed by atoms with E-state index in [-0.39, 0.29) is 6.10 Å². The second-order valence-electron chi connectivity index (χ2n) is 6.09. The molecule has 124 valence electrons. The fraction of sp³-hybridized carbons (Fsp3) is 0.647. The van der Waals surface area contributed by atoms with Gasteiger partial charge in [-0.3, -0.25) is 0 Å². The summed E-state index contributed by atoms with van der Waals surface area (Å²) in [4.78, 5) is 0. The fourth-order valence-corrected chi connectivity index (χ4v) is 3.00. The van der Waals surface area contributed by atoms with E-state index in [1.54, 1.807) is 13.2 Å². The molecule has 22 heavy (non-hydrogen) atoms. The van der Waals surface area contributed by atoms with Gasteiger partial charge < -0.3 is 20.1 Å². The number of benzene rings is 1. The molecular formula is C17H27ClN2O2. The lowest BCUT2D eigenvalue weighted by Crippen LogP contribution is -2.33. The lowest BCUT2D eigenvalue weighted by Gasteiger charge is -2.23. The van der Waals surface area contributed by atoms with Crippen molar-refractivity contribution >= 4 is 11.6 Å². The summed E-state index contributed by atoms with van der Waals surface area (Å²) in [5, 5.41) is 7.61. The van der Waals surface area contributed by atoms with E-state index in [4.69, 9.17) is 21.1 Å². The summed E-state index contributed by atoms with van der Waals surface area (Å²) < 4.78 is 11.3. The van der Waals surface area contributed by atoms with Crippen molar-refractivity contribution in [2.45, 2.75) is 39.3 Å². The Kier molecular flexibility index (Phi) is 6.80. The number of piperidine rings is 1. The van der Waals surface area contributed by atoms with E-state index < -0.39 is 0 Å². The van der Waals surface area contributed by atoms with Gasteiger partial charge in [0.1, 0.15) is 0 Å². The van der Waals surface area contributed by atoms with Gasteiger partial charge in [-0.05, 0) is 58.3 Å². The molecule has 0 radical (unpaired) electrons. The van der Waals surface area contributed by atoms with Crippen molar-refractivity contribution < 1.29 is 9.47 Å². The lowest BCUT2D eigenvalue weighted by atomic mass is 9.98. The molecule has 0 amide bonds. The van der Waals surface area contributed by atoms with Crippen LogP contribution in [0.1, 0.15) is 32.3 Å². The van der Waals surface area contributed by atoms with Crippen molar-refractivity contribution in [3.63, 3.8) is 0 Å². The molecule has 2 rings (SSSR count). The number of hydrogen-bond donors (Lipinski definition) is 2. The number of halogens is 1. The molecule has 1 aliphatic heterocycles. The maximum absolute atomic E-state index is 6.19. The first-order chi connectivity index (χ1) is 10.6. The summed E-state index contributed by atoms with van der Waals surface area (Å²) in [5.74, 6) is 2.23. The molecule has 5 heteroatoms. The molecule has 1 saturated heterocycles. The van der Waals surface area contributed by atoms with Crippen LogP contribution in [0.15, 0.2) is 12.1 Å². The summed E-state index contributed by atoms with van der Waals surface area (Å²) in [6.45, 7) is 8.04. The highest BCUT2D eigenvalue weighted by molar-refractivity contribution is 6.30. The predicted octanol–water partition coefficient (Wildman–Crippen LogP) is 3.23. The number of methoxy groups -OCH3 is 1. The summed E-state index contributed by atoms with van der Waals surface area (Å²) in [7, 11) is 1.64. The van der Waals surface area contributed by atoms with Gasteiger partial charge in [-0.25, -0.2) is 0 Å². The number of ether oxygens (including phenoxy) is 2. The van der Waals surface area contributed by atoms with Gasteiger partial charge in [-0.1, -0.05) is 11.6 Å². The van der Waals surface area contributed by atoms with E-state index in [2.05, 4.69) is 10.6 Å². The largest absolute Gasteiger partial charge is 0.493 e. The predicted molar refractivity (Wildman–Crippen MR) is 91.1 cm³/mol. The standard InChI is InChI=1S/C17H27ClN2O2/c1-12(2)22-17-14(8-15(18)9-16(17)21-3)11-20-10-13-4-6-19-7-5-13/h8-9,12-13,19-20H,4-7,10-11H2,1-3H3. The summed E-state index contributed by atoms with van der Waals surface area (Å²) >= 11 is 6.19. The molecule has 1 fully saturated rings. The molecule has 1 heterocycles. The van der Waals surface area contributed by atoms with Gasteiger partial charge in [-0.15, -0.1) is 0 Å². The monoisotopic (exact) mass is 326 g/mol. The van der Waals surface area contributed by atoms with Gasteiger partial charge in [-0.2, -0.15) is 0 Å². The Bertz CT molecular complexity index is 474. The zero-order chi connectivity index (χ0) is 15.9. The molecule has 0 aromatic heterocycles. The second kappa shape index (κ2) is 8.61. The minimum atomic E-state index is 0.0956. The minimum Gasteiger partial charge on any atom is -0.493 e. The van der Waals surface area contributed by atoms with Crippen molar-refractivity contribution in [2.75, 3.05) is 26.7 Å². The quantitative estimate of drug-likeness (QED) is 0.807. The third-order valence-electron chi connectivity index (χ3n) is 3.88. The van der Waals surface area contributed by atoms with E-state index in [1.807, 2.05) is 19.9 Å². The topological polar surface area (TPSA) is 42.5 Å². The molecule has 0 unspecified atom stereocenters. The number of rotatable bonds is 7. The molecule has 0 spiro atoms. The van der Waals surface area contributed by atoms with E-state index in [1.165, 1.54) is 12.8 Å². The lowest BCUT2D eigenvalue weighted by molar-refractivity contribution is 0.227. The van der Waals surface area contributed by atoms with E-state index >= 15 is 0 Å². The Hall–Kier alpha value is -0.970. The third-order valence-corrected chi connectivity index (χ3v) is 4.10. The van der Waals surface area contributed by atoms with Crippen LogP contribution in [0.3, 0.4) is 0 Å². The molecule has 0 bridgehead atoms. The molecule has 1 aromatic carbocycles. The number of nitrogens with one attached hydrogen (secondary N) is 2. The van der Waals surface area contributed by atoms with Crippen molar-refractivity contribution in [1.82, 2.24) is 10.6 Å². The van der Waals surface area contributed by atoms with Crippen LogP contribution in [-0.2, 0) is 6.54 Å². The third kappa shape index (κ3) is 5.04. The van der Waals surface area contributed by atoms with E-state index in [9.17, 15) is 0 Å². The summed E-state index contributed by atoms with van der Waals surface area (Å²) in [6.07, 6.45) is 2.57. The smallest absolute Gasteiger partial charge is 0.166 e. The van der Waals surface area contributed by atoms with Crippen LogP contribution in [0.5, 0.6) is 11.5 Å². The average Bonchev–Trinajstić information content (AvgIpc) is 2.50. The van der Waals surface area contributed by atoms with E-state index in [0.717, 1.165) is 43.4 Å². The first-order valence-electron chi connectivity index (χ1n) is 8.04. The van der Waals surface area contributed by atoms with Gasteiger partial charge in [0, 0.05) is 23.2 Å². The minimum absolute atomic E-state index is 0.0956. The Morgan fingerprint density at radius 1 is 1.32 bits per heavy atom. The van der Waals surface area contributed by atoms with Crippen LogP contribution in [0.4, 0.5) is 0 Å². The Morgan fingerprint density at radius 2 is 2.05 bits per heavy atom. The van der Waals surface area contributed by atoms with Gasteiger partial charge in [0.2, 0.25) is 0 Å². The molecule has 2 N–H and O–H groups in total. The Labute approximate surface area is 138 Å². The molecule has 0 aliphatic carbocycles. The zero-order valence-electron chi connectivity index (χ0n) is 13.7. The van der Waals surface area contributed by atoms with Gasteiger partial charge in [0.25, 0.3) is 0 Å². The van der Waals surface area contributed by atoms with Crippen molar-refractivity contribution in [1.29, 1.82) is 0 Å². The van der Waals surface area contributed by atoms with Crippen LogP contribution in [-0.4, -0.2) is 32.8 Å². The maximum Gasteiger partial charge on any atom is 0.166 e. The highest BCUT2D eigenvalue weighted by Gasteiger charge is 2.16. The van der Waals surface area contributed by atoms with Gasteiger partial charge in [0.05, 0.1) is 13.2 Å². The molecular weight excluding hydrogens is 300 g/mol. The van der Waals surface area contributed by atoms with Crippen LogP contribution >= 0.6 is 11.6 Å². The average molecular weight is 327 g/mol. The first kappa shape index (κ1) is 17.4. The van der Waals surface area contributed by atoms with Crippen LogP contribution in [0.2, 0.25) is 5.02 Å². The highest BCUT2D eigenvalue weighted by Crippen LogP contribution is 2.35. The normalized spacial score (nSPS) is 16.0. The molecule has 0 atom stereocenters. The second-order valence-corrected chi connectivity index (χ2v) is 6.52. The van der Waals surface area contributed by atoms with Crippen LogP contribution in [0, 0.1) is 5.92 Å². The van der Waals surface area contributed by atoms with Crippen LogP contribution in [0.25, 0.3) is 0 Å². The molecule has 4 nitrogen and oxygen atoms in total. The van der Waals surface area contributed by atoms with Crippen molar-refractivity contribution in [3.05, 3.63) is 22.7 Å². The summed E-state index contributed by atoms with van der Waals surface area (Å²) in [5.41, 5.74) is 1.05. The number of hydrogen-bond acceptors (Lipinski definition) is 4. The molecule has 1 aliphatic rings. The fourth-order valence-electron chi connectivity index (χ4n) is 2.77. The van der Waals surface area contributed by atoms with Crippen molar-refractivity contribution in [2.24, 2.45) is 5.92 Å².